The van der Waals surface area contributed by atoms with Gasteiger partial charge in [0, 0.05) is 24.5 Å². The van der Waals surface area contributed by atoms with Crippen molar-refractivity contribution in [3.8, 4) is 0 Å². The molecule has 1 aliphatic heterocycles. The fourth-order valence-electron chi connectivity index (χ4n) is 3.10. The number of carboxylic acid groups (broad SMARTS) is 1. The van der Waals surface area contributed by atoms with E-state index in [0.29, 0.717) is 6.04 Å². The van der Waals surface area contributed by atoms with Gasteiger partial charge >= 0.3 is 5.97 Å². The molecule has 1 saturated heterocycles. The molecule has 6 heteroatoms. The van der Waals surface area contributed by atoms with Crippen molar-refractivity contribution in [2.24, 2.45) is 0 Å². The smallest absolute Gasteiger partial charge is 0.312 e. The van der Waals surface area contributed by atoms with E-state index in [-0.39, 0.29) is 0 Å². The minimum absolute atomic E-state index is 0.304. The fourth-order valence-corrected chi connectivity index (χ4v) is 4.42. The maximum Gasteiger partial charge on any atom is 0.312 e. The van der Waals surface area contributed by atoms with Crippen LogP contribution >= 0.6 is 11.3 Å². The van der Waals surface area contributed by atoms with E-state index >= 15 is 0 Å². The van der Waals surface area contributed by atoms with Crippen LogP contribution in [0.15, 0.2) is 0 Å². The van der Waals surface area contributed by atoms with E-state index in [1.54, 1.807) is 11.3 Å². The van der Waals surface area contributed by atoms with Crippen molar-refractivity contribution in [3.05, 3.63) is 15.6 Å². The lowest BCUT2D eigenvalue weighted by atomic mass is 9.91. The average Bonchev–Trinajstić information content (AvgIpc) is 2.84. The monoisotopic (exact) mass is 295 g/mol. The van der Waals surface area contributed by atoms with Crippen molar-refractivity contribution < 1.29 is 9.90 Å². The van der Waals surface area contributed by atoms with Gasteiger partial charge in [0.1, 0.15) is 5.01 Å². The molecule has 1 aromatic heterocycles. The first-order valence-electron chi connectivity index (χ1n) is 7.17. The Morgan fingerprint density at radius 1 is 1.40 bits per heavy atom. The van der Waals surface area contributed by atoms with Gasteiger partial charge in [-0.2, -0.15) is 0 Å². The summed E-state index contributed by atoms with van der Waals surface area (Å²) in [6.45, 7) is 3.09. The Morgan fingerprint density at radius 3 is 2.95 bits per heavy atom. The van der Waals surface area contributed by atoms with E-state index in [1.807, 2.05) is 0 Å². The zero-order chi connectivity index (χ0) is 14.3. The van der Waals surface area contributed by atoms with Crippen molar-refractivity contribution in [2.75, 3.05) is 33.7 Å². The van der Waals surface area contributed by atoms with Gasteiger partial charge in [0.15, 0.2) is 0 Å². The van der Waals surface area contributed by atoms with E-state index in [1.165, 1.54) is 4.88 Å². The van der Waals surface area contributed by atoms with E-state index in [9.17, 15) is 9.90 Å². The standard InChI is InChI=1S/C14H21N3O2S/c1-16-6-7-17(2)10(8-16)13-15-12-9(14(18)19)4-3-5-11(12)20-13/h9-10H,3-8H2,1-2H3,(H,18,19). The van der Waals surface area contributed by atoms with Crippen molar-refractivity contribution in [1.29, 1.82) is 0 Å². The second-order valence-corrected chi connectivity index (χ2v) is 7.02. The van der Waals surface area contributed by atoms with Crippen LogP contribution in [0.1, 0.15) is 40.4 Å². The maximum atomic E-state index is 11.4. The molecule has 0 saturated carbocycles. The zero-order valence-electron chi connectivity index (χ0n) is 12.0. The number of aromatic nitrogens is 1. The molecule has 1 aliphatic carbocycles. The Kier molecular flexibility index (Phi) is 3.79. The molecule has 110 valence electrons. The third kappa shape index (κ3) is 2.47. The summed E-state index contributed by atoms with van der Waals surface area (Å²) in [5, 5.41) is 10.4. The molecule has 1 fully saturated rings. The minimum Gasteiger partial charge on any atom is -0.481 e. The van der Waals surface area contributed by atoms with Gasteiger partial charge in [0.05, 0.1) is 17.7 Å². The molecule has 2 heterocycles. The first-order chi connectivity index (χ1) is 9.56. The summed E-state index contributed by atoms with van der Waals surface area (Å²) in [7, 11) is 4.26. The van der Waals surface area contributed by atoms with Gasteiger partial charge in [-0.05, 0) is 33.4 Å². The van der Waals surface area contributed by atoms with Gasteiger partial charge in [-0.3, -0.25) is 9.69 Å². The SMILES string of the molecule is CN1CCN(C)C(c2nc3c(s2)CCCC3C(=O)O)C1. The van der Waals surface area contributed by atoms with Crippen LogP contribution in [0.4, 0.5) is 0 Å². The van der Waals surface area contributed by atoms with Gasteiger partial charge in [-0.1, -0.05) is 0 Å². The highest BCUT2D eigenvalue weighted by molar-refractivity contribution is 7.11. The predicted molar refractivity (Wildman–Crippen MR) is 78.3 cm³/mol. The molecule has 20 heavy (non-hydrogen) atoms. The molecule has 1 N–H and O–H groups in total. The Balaban J connectivity index is 1.90. The van der Waals surface area contributed by atoms with Crippen molar-refractivity contribution in [3.63, 3.8) is 0 Å². The summed E-state index contributed by atoms with van der Waals surface area (Å²) in [4.78, 5) is 21.9. The third-order valence-corrected chi connectivity index (χ3v) is 5.64. The predicted octanol–water partition coefficient (Wildman–Crippen LogP) is 1.57. The fraction of sp³-hybridized carbons (Fsp3) is 0.714. The molecule has 2 aliphatic rings. The van der Waals surface area contributed by atoms with Crippen LogP contribution in [0.25, 0.3) is 0 Å². The van der Waals surface area contributed by atoms with E-state index in [2.05, 4.69) is 23.9 Å². The first kappa shape index (κ1) is 14.0. The van der Waals surface area contributed by atoms with E-state index in [0.717, 1.165) is 49.6 Å². The van der Waals surface area contributed by atoms with Gasteiger partial charge in [-0.15, -0.1) is 11.3 Å². The molecule has 0 aromatic carbocycles. The Labute approximate surface area is 123 Å². The van der Waals surface area contributed by atoms with Crippen LogP contribution in [0.5, 0.6) is 0 Å². The summed E-state index contributed by atoms with van der Waals surface area (Å²) >= 11 is 1.73. The lowest BCUT2D eigenvalue weighted by Gasteiger charge is -2.36. The number of fused-ring (bicyclic) bond motifs is 1. The molecule has 5 nitrogen and oxygen atoms in total. The first-order valence-corrected chi connectivity index (χ1v) is 7.99. The minimum atomic E-state index is -0.725. The molecule has 3 rings (SSSR count). The van der Waals surface area contributed by atoms with Gasteiger partial charge < -0.3 is 10.0 Å². The van der Waals surface area contributed by atoms with Gasteiger partial charge in [-0.25, -0.2) is 4.98 Å². The number of aliphatic carboxylic acids is 1. The highest BCUT2D eigenvalue weighted by Crippen LogP contribution is 2.38. The molecule has 0 amide bonds. The van der Waals surface area contributed by atoms with Crippen molar-refractivity contribution in [1.82, 2.24) is 14.8 Å². The van der Waals surface area contributed by atoms with Crippen LogP contribution < -0.4 is 0 Å². The molecular weight excluding hydrogens is 274 g/mol. The molecule has 1 aromatic rings. The normalized spacial score (nSPS) is 28.3. The number of aryl methyl sites for hydroxylation is 1. The Bertz CT molecular complexity index is 517. The molecule has 0 bridgehead atoms. The number of thiazole rings is 1. The van der Waals surface area contributed by atoms with Gasteiger partial charge in [0.25, 0.3) is 0 Å². The summed E-state index contributed by atoms with van der Waals surface area (Å²) in [6.07, 6.45) is 2.68. The molecule has 0 spiro atoms. The lowest BCUT2D eigenvalue weighted by Crippen LogP contribution is -2.44. The third-order valence-electron chi connectivity index (χ3n) is 4.41. The second-order valence-electron chi connectivity index (χ2n) is 5.90. The maximum absolute atomic E-state index is 11.4. The second kappa shape index (κ2) is 5.42. The number of carbonyl (C=O) groups is 1. The summed E-state index contributed by atoms with van der Waals surface area (Å²) in [5.74, 6) is -1.12. The molecular formula is C14H21N3O2S. The highest BCUT2D eigenvalue weighted by atomic mass is 32.1. The van der Waals surface area contributed by atoms with E-state index < -0.39 is 11.9 Å². The number of carboxylic acids is 1. The topological polar surface area (TPSA) is 56.7 Å². The van der Waals surface area contributed by atoms with Crippen LogP contribution in [-0.4, -0.2) is 59.6 Å². The lowest BCUT2D eigenvalue weighted by molar-refractivity contribution is -0.139. The largest absolute Gasteiger partial charge is 0.481 e. The Morgan fingerprint density at radius 2 is 2.20 bits per heavy atom. The quantitative estimate of drug-likeness (QED) is 0.897. The highest BCUT2D eigenvalue weighted by Gasteiger charge is 2.33. The summed E-state index contributed by atoms with van der Waals surface area (Å²) < 4.78 is 0. The molecule has 0 radical (unpaired) electrons. The van der Waals surface area contributed by atoms with Crippen LogP contribution in [0, 0.1) is 0 Å². The summed E-state index contributed by atoms with van der Waals surface area (Å²) in [6, 6.07) is 0.304. The van der Waals surface area contributed by atoms with Gasteiger partial charge in [0.2, 0.25) is 0 Å². The Hall–Kier alpha value is -0.980. The molecule has 2 unspecified atom stereocenters. The number of likely N-dealkylation sites (N-methyl/N-ethyl adjacent to an activating group) is 2. The zero-order valence-corrected chi connectivity index (χ0v) is 12.8. The van der Waals surface area contributed by atoms with Crippen LogP contribution in [0.2, 0.25) is 0 Å². The number of nitrogens with zero attached hydrogens (tertiary/aromatic N) is 3. The number of piperazine rings is 1. The molecule has 2 atom stereocenters. The van der Waals surface area contributed by atoms with Crippen LogP contribution in [-0.2, 0) is 11.2 Å². The van der Waals surface area contributed by atoms with Crippen molar-refractivity contribution >= 4 is 17.3 Å². The average molecular weight is 295 g/mol. The van der Waals surface area contributed by atoms with Crippen LogP contribution in [0.3, 0.4) is 0 Å². The number of hydrogen-bond donors (Lipinski definition) is 1. The summed E-state index contributed by atoms with van der Waals surface area (Å²) in [5.41, 5.74) is 0.838. The number of hydrogen-bond acceptors (Lipinski definition) is 5. The number of rotatable bonds is 2. The van der Waals surface area contributed by atoms with Crippen molar-refractivity contribution in [2.45, 2.75) is 31.2 Å². The van der Waals surface area contributed by atoms with E-state index in [4.69, 9.17) is 4.98 Å².